The second-order valence-electron chi connectivity index (χ2n) is 4.02. The molecule has 1 rings (SSSR count). The van der Waals surface area contributed by atoms with Crippen LogP contribution in [0.2, 0.25) is 0 Å². The van der Waals surface area contributed by atoms with Gasteiger partial charge in [0.1, 0.15) is 0 Å². The maximum Gasteiger partial charge on any atom is 0.0104 e. The molecule has 1 atom stereocenters. The molecule has 0 saturated heterocycles. The standard InChI is InChI=1S/C11H22N2/c1-12-8-9-13(2)10-11-6-4-3-5-7-11/h3-4,11-12H,5-10H2,1-2H3. The molecule has 0 aliphatic heterocycles. The number of allylic oxidation sites excluding steroid dienone is 2. The third kappa shape index (κ3) is 4.44. The summed E-state index contributed by atoms with van der Waals surface area (Å²) in [7, 11) is 4.23. The van der Waals surface area contributed by atoms with Gasteiger partial charge >= 0.3 is 0 Å². The summed E-state index contributed by atoms with van der Waals surface area (Å²) in [5.74, 6) is 0.895. The average Bonchev–Trinajstić information content (AvgIpc) is 2.16. The Morgan fingerprint density at radius 2 is 2.31 bits per heavy atom. The zero-order chi connectivity index (χ0) is 9.52. The highest BCUT2D eigenvalue weighted by Crippen LogP contribution is 2.18. The molecule has 0 bridgehead atoms. The summed E-state index contributed by atoms with van der Waals surface area (Å²) in [4.78, 5) is 2.43. The lowest BCUT2D eigenvalue weighted by Crippen LogP contribution is -2.31. The van der Waals surface area contributed by atoms with E-state index < -0.39 is 0 Å². The van der Waals surface area contributed by atoms with Crippen LogP contribution in [0.4, 0.5) is 0 Å². The van der Waals surface area contributed by atoms with Crippen molar-refractivity contribution in [3.8, 4) is 0 Å². The number of hydrogen-bond acceptors (Lipinski definition) is 2. The van der Waals surface area contributed by atoms with Crippen molar-refractivity contribution in [3.63, 3.8) is 0 Å². The summed E-state index contributed by atoms with van der Waals surface area (Å²) in [6, 6.07) is 0. The first kappa shape index (κ1) is 10.7. The lowest BCUT2D eigenvalue weighted by atomic mass is 9.94. The van der Waals surface area contributed by atoms with E-state index in [2.05, 4.69) is 29.4 Å². The first-order chi connectivity index (χ1) is 6.33. The Morgan fingerprint density at radius 3 is 2.92 bits per heavy atom. The van der Waals surface area contributed by atoms with Crippen molar-refractivity contribution >= 4 is 0 Å². The summed E-state index contributed by atoms with van der Waals surface area (Å²) in [5.41, 5.74) is 0. The number of nitrogens with zero attached hydrogens (tertiary/aromatic N) is 1. The quantitative estimate of drug-likeness (QED) is 0.648. The summed E-state index contributed by atoms with van der Waals surface area (Å²) in [6.45, 7) is 3.52. The molecule has 0 amide bonds. The topological polar surface area (TPSA) is 15.3 Å². The maximum atomic E-state index is 3.18. The summed E-state index contributed by atoms with van der Waals surface area (Å²) >= 11 is 0. The van der Waals surface area contributed by atoms with Crippen molar-refractivity contribution in [2.45, 2.75) is 19.3 Å². The van der Waals surface area contributed by atoms with Gasteiger partial charge < -0.3 is 10.2 Å². The van der Waals surface area contributed by atoms with Gasteiger partial charge in [-0.1, -0.05) is 12.2 Å². The van der Waals surface area contributed by atoms with Crippen molar-refractivity contribution in [2.75, 3.05) is 33.7 Å². The second-order valence-corrected chi connectivity index (χ2v) is 4.02. The molecular weight excluding hydrogens is 160 g/mol. The third-order valence-corrected chi connectivity index (χ3v) is 2.69. The minimum Gasteiger partial charge on any atom is -0.318 e. The molecule has 2 heteroatoms. The first-order valence-corrected chi connectivity index (χ1v) is 5.31. The molecule has 0 aromatic carbocycles. The number of likely N-dealkylation sites (N-methyl/N-ethyl adjacent to an activating group) is 2. The van der Waals surface area contributed by atoms with E-state index >= 15 is 0 Å². The van der Waals surface area contributed by atoms with Crippen LogP contribution in [0.1, 0.15) is 19.3 Å². The molecular formula is C11H22N2. The van der Waals surface area contributed by atoms with Crippen LogP contribution in [-0.4, -0.2) is 38.6 Å². The lowest BCUT2D eigenvalue weighted by Gasteiger charge is -2.24. The fraction of sp³-hybridized carbons (Fsp3) is 0.818. The Bertz CT molecular complexity index is 154. The zero-order valence-corrected chi connectivity index (χ0v) is 8.92. The van der Waals surface area contributed by atoms with E-state index in [1.165, 1.54) is 25.8 Å². The smallest absolute Gasteiger partial charge is 0.0104 e. The number of nitrogens with one attached hydrogen (secondary N) is 1. The Hall–Kier alpha value is -0.340. The van der Waals surface area contributed by atoms with Crippen molar-refractivity contribution in [3.05, 3.63) is 12.2 Å². The average molecular weight is 182 g/mol. The number of hydrogen-bond donors (Lipinski definition) is 1. The molecule has 0 spiro atoms. The van der Waals surface area contributed by atoms with E-state index in [4.69, 9.17) is 0 Å². The highest BCUT2D eigenvalue weighted by molar-refractivity contribution is 4.90. The molecule has 2 nitrogen and oxygen atoms in total. The van der Waals surface area contributed by atoms with Gasteiger partial charge in [-0.2, -0.15) is 0 Å². The maximum absolute atomic E-state index is 3.18. The van der Waals surface area contributed by atoms with E-state index in [0.717, 1.165) is 19.0 Å². The normalized spacial score (nSPS) is 22.5. The van der Waals surface area contributed by atoms with Crippen molar-refractivity contribution < 1.29 is 0 Å². The molecule has 76 valence electrons. The van der Waals surface area contributed by atoms with Crippen LogP contribution in [0.3, 0.4) is 0 Å². The molecule has 1 N–H and O–H groups in total. The van der Waals surface area contributed by atoms with Crippen LogP contribution in [0.25, 0.3) is 0 Å². The Kier molecular flexibility index (Phi) is 5.09. The van der Waals surface area contributed by atoms with Gasteiger partial charge in [0.15, 0.2) is 0 Å². The van der Waals surface area contributed by atoms with Gasteiger partial charge in [-0.25, -0.2) is 0 Å². The van der Waals surface area contributed by atoms with E-state index in [0.29, 0.717) is 0 Å². The second kappa shape index (κ2) is 6.17. The molecule has 1 aliphatic carbocycles. The van der Waals surface area contributed by atoms with E-state index in [1.54, 1.807) is 0 Å². The van der Waals surface area contributed by atoms with Crippen molar-refractivity contribution in [1.29, 1.82) is 0 Å². The van der Waals surface area contributed by atoms with Crippen LogP contribution in [0.15, 0.2) is 12.2 Å². The predicted molar refractivity (Wildman–Crippen MR) is 57.9 cm³/mol. The molecule has 1 unspecified atom stereocenters. The SMILES string of the molecule is CNCCN(C)CC1CC=CCC1. The Morgan fingerprint density at radius 1 is 1.46 bits per heavy atom. The molecule has 0 aromatic heterocycles. The Labute approximate surface area is 82.0 Å². The molecule has 1 aliphatic rings. The molecule has 0 heterocycles. The van der Waals surface area contributed by atoms with E-state index in [9.17, 15) is 0 Å². The van der Waals surface area contributed by atoms with Crippen molar-refractivity contribution in [1.82, 2.24) is 10.2 Å². The highest BCUT2D eigenvalue weighted by atomic mass is 15.1. The van der Waals surface area contributed by atoms with Gasteiger partial charge in [-0.05, 0) is 39.3 Å². The fourth-order valence-electron chi connectivity index (χ4n) is 1.86. The molecule has 0 saturated carbocycles. The minimum atomic E-state index is 0.895. The summed E-state index contributed by atoms with van der Waals surface area (Å²) < 4.78 is 0. The molecule has 0 aromatic rings. The largest absolute Gasteiger partial charge is 0.318 e. The summed E-state index contributed by atoms with van der Waals surface area (Å²) in [6.07, 6.45) is 8.58. The predicted octanol–water partition coefficient (Wildman–Crippen LogP) is 1.49. The minimum absolute atomic E-state index is 0.895. The van der Waals surface area contributed by atoms with Gasteiger partial charge in [0.05, 0.1) is 0 Å². The number of rotatable bonds is 5. The zero-order valence-electron chi connectivity index (χ0n) is 8.92. The molecule has 0 fully saturated rings. The third-order valence-electron chi connectivity index (χ3n) is 2.69. The van der Waals surface area contributed by atoms with Gasteiger partial charge in [-0.3, -0.25) is 0 Å². The van der Waals surface area contributed by atoms with E-state index in [1.807, 2.05) is 7.05 Å². The lowest BCUT2D eigenvalue weighted by molar-refractivity contribution is 0.267. The van der Waals surface area contributed by atoms with Gasteiger partial charge in [0.2, 0.25) is 0 Å². The van der Waals surface area contributed by atoms with Gasteiger partial charge in [-0.15, -0.1) is 0 Å². The van der Waals surface area contributed by atoms with E-state index in [-0.39, 0.29) is 0 Å². The molecule has 13 heavy (non-hydrogen) atoms. The van der Waals surface area contributed by atoms with Crippen molar-refractivity contribution in [2.24, 2.45) is 5.92 Å². The monoisotopic (exact) mass is 182 g/mol. The van der Waals surface area contributed by atoms with Crippen LogP contribution in [0.5, 0.6) is 0 Å². The van der Waals surface area contributed by atoms with Crippen LogP contribution in [-0.2, 0) is 0 Å². The highest BCUT2D eigenvalue weighted by Gasteiger charge is 2.11. The summed E-state index contributed by atoms with van der Waals surface area (Å²) in [5, 5.41) is 3.18. The first-order valence-electron chi connectivity index (χ1n) is 5.31. The fourth-order valence-corrected chi connectivity index (χ4v) is 1.86. The van der Waals surface area contributed by atoms with Gasteiger partial charge in [0.25, 0.3) is 0 Å². The van der Waals surface area contributed by atoms with Gasteiger partial charge in [0, 0.05) is 19.6 Å². The molecule has 0 radical (unpaired) electrons. The van der Waals surface area contributed by atoms with Crippen LogP contribution >= 0.6 is 0 Å². The van der Waals surface area contributed by atoms with Crippen LogP contribution in [0, 0.1) is 5.92 Å². The van der Waals surface area contributed by atoms with Crippen LogP contribution < -0.4 is 5.32 Å². The Balaban J connectivity index is 2.11.